The zero-order chi connectivity index (χ0) is 12.7. The Morgan fingerprint density at radius 2 is 1.76 bits per heavy atom. The Hall–Kier alpha value is -1.35. The molecule has 0 aromatic heterocycles. The molecule has 1 aromatic carbocycles. The monoisotopic (exact) mass is 234 g/mol. The molecule has 0 unspecified atom stereocenters. The first-order valence-electron chi connectivity index (χ1n) is 6.22. The second kappa shape index (κ2) is 7.07. The van der Waals surface area contributed by atoms with Gasteiger partial charge in [-0.25, -0.2) is 0 Å². The summed E-state index contributed by atoms with van der Waals surface area (Å²) < 4.78 is 0. The number of benzene rings is 1. The number of carbonyl (C=O) groups excluding carboxylic acids is 1. The minimum atomic E-state index is -0.363. The van der Waals surface area contributed by atoms with Crippen LogP contribution in [0.25, 0.3) is 0 Å². The number of amides is 1. The first kappa shape index (κ1) is 13.7. The number of aryl methyl sites for hydroxylation is 1. The fourth-order valence-corrected chi connectivity index (χ4v) is 1.98. The number of rotatable bonds is 1. The first-order valence-corrected chi connectivity index (χ1v) is 6.22. The van der Waals surface area contributed by atoms with Crippen LogP contribution in [0.3, 0.4) is 0 Å². The molecule has 3 heteroatoms. The topological polar surface area (TPSA) is 69.1 Å². The van der Waals surface area contributed by atoms with E-state index in [1.807, 2.05) is 19.1 Å². The molecule has 1 amide bonds. The van der Waals surface area contributed by atoms with E-state index in [1.165, 1.54) is 32.1 Å². The number of hydrogen-bond acceptors (Lipinski definition) is 2. The second-order valence-electron chi connectivity index (χ2n) is 4.58. The Morgan fingerprint density at radius 1 is 1.18 bits per heavy atom. The highest BCUT2D eigenvalue weighted by molar-refractivity contribution is 5.94. The van der Waals surface area contributed by atoms with Crippen molar-refractivity contribution in [1.29, 1.82) is 0 Å². The van der Waals surface area contributed by atoms with Crippen LogP contribution in [0, 0.1) is 6.92 Å². The van der Waals surface area contributed by atoms with Gasteiger partial charge in [0.1, 0.15) is 0 Å². The number of nitrogens with two attached hydrogens (primary N) is 2. The molecule has 0 spiro atoms. The number of hydrogen-bond donors (Lipinski definition) is 2. The van der Waals surface area contributed by atoms with Gasteiger partial charge in [-0.15, -0.1) is 0 Å². The quantitative estimate of drug-likeness (QED) is 0.783. The van der Waals surface area contributed by atoms with Crippen molar-refractivity contribution in [3.05, 3.63) is 35.4 Å². The summed E-state index contributed by atoms with van der Waals surface area (Å²) in [6.45, 7) is 1.86. The molecule has 17 heavy (non-hydrogen) atoms. The van der Waals surface area contributed by atoms with Crippen LogP contribution in [0.2, 0.25) is 0 Å². The predicted molar refractivity (Wildman–Crippen MR) is 70.8 cm³/mol. The van der Waals surface area contributed by atoms with E-state index >= 15 is 0 Å². The van der Waals surface area contributed by atoms with Gasteiger partial charge in [0.2, 0.25) is 5.91 Å². The molecular formula is C14H22N2O. The average molecular weight is 234 g/mol. The fraction of sp³-hybridized carbons (Fsp3) is 0.500. The molecule has 0 aliphatic heterocycles. The summed E-state index contributed by atoms with van der Waals surface area (Å²) in [6, 6.07) is 7.79. The van der Waals surface area contributed by atoms with Crippen LogP contribution in [0.4, 0.5) is 0 Å². The predicted octanol–water partition coefficient (Wildman–Crippen LogP) is 2.37. The van der Waals surface area contributed by atoms with Crippen molar-refractivity contribution in [3.8, 4) is 0 Å². The van der Waals surface area contributed by atoms with E-state index in [9.17, 15) is 4.79 Å². The maximum Gasteiger partial charge on any atom is 0.248 e. The highest BCUT2D eigenvalue weighted by Crippen LogP contribution is 2.14. The van der Waals surface area contributed by atoms with Crippen LogP contribution in [0.1, 0.15) is 48.0 Å². The van der Waals surface area contributed by atoms with E-state index in [-0.39, 0.29) is 5.91 Å². The maximum atomic E-state index is 10.6. The van der Waals surface area contributed by atoms with Gasteiger partial charge < -0.3 is 11.5 Å². The molecule has 1 fully saturated rings. The maximum absolute atomic E-state index is 10.6. The van der Waals surface area contributed by atoms with E-state index in [2.05, 4.69) is 0 Å². The molecule has 3 nitrogen and oxygen atoms in total. The standard InChI is InChI=1S/C8H9NO.C6H13N/c1-6-4-2-3-5-7(6)8(9)10;7-6-4-2-1-3-5-6/h2-5H,1H3,(H2,9,10);6H,1-5,7H2. The van der Waals surface area contributed by atoms with Crippen LogP contribution in [0.5, 0.6) is 0 Å². The van der Waals surface area contributed by atoms with Gasteiger partial charge in [0.25, 0.3) is 0 Å². The van der Waals surface area contributed by atoms with Crippen LogP contribution in [0.15, 0.2) is 24.3 Å². The normalized spacial score (nSPS) is 15.9. The Bertz CT molecular complexity index is 357. The van der Waals surface area contributed by atoms with Gasteiger partial charge in [-0.1, -0.05) is 37.5 Å². The molecule has 0 radical (unpaired) electrons. The van der Waals surface area contributed by atoms with Crippen molar-refractivity contribution in [2.45, 2.75) is 45.1 Å². The summed E-state index contributed by atoms with van der Waals surface area (Å²) in [5.41, 5.74) is 12.2. The summed E-state index contributed by atoms with van der Waals surface area (Å²) in [5.74, 6) is -0.363. The van der Waals surface area contributed by atoms with Gasteiger partial charge in [0.05, 0.1) is 0 Å². The number of primary amides is 1. The third kappa shape index (κ3) is 5.00. The lowest BCUT2D eigenvalue weighted by Gasteiger charge is -2.15. The molecule has 0 atom stereocenters. The van der Waals surface area contributed by atoms with Crippen molar-refractivity contribution in [1.82, 2.24) is 0 Å². The second-order valence-corrected chi connectivity index (χ2v) is 4.58. The third-order valence-electron chi connectivity index (χ3n) is 3.06. The lowest BCUT2D eigenvalue weighted by Crippen LogP contribution is -2.22. The minimum Gasteiger partial charge on any atom is -0.366 e. The highest BCUT2D eigenvalue weighted by Gasteiger charge is 2.06. The highest BCUT2D eigenvalue weighted by atomic mass is 16.1. The summed E-state index contributed by atoms with van der Waals surface area (Å²) in [4.78, 5) is 10.6. The van der Waals surface area contributed by atoms with Gasteiger partial charge in [-0.05, 0) is 31.4 Å². The minimum absolute atomic E-state index is 0.363. The van der Waals surface area contributed by atoms with E-state index in [4.69, 9.17) is 11.5 Å². The molecule has 1 aliphatic carbocycles. The summed E-state index contributed by atoms with van der Waals surface area (Å²) in [7, 11) is 0. The van der Waals surface area contributed by atoms with Gasteiger partial charge in [0.15, 0.2) is 0 Å². The smallest absolute Gasteiger partial charge is 0.248 e. The molecule has 1 saturated carbocycles. The van der Waals surface area contributed by atoms with Gasteiger partial charge >= 0.3 is 0 Å². The fourth-order valence-electron chi connectivity index (χ4n) is 1.98. The molecule has 0 saturated heterocycles. The van der Waals surface area contributed by atoms with Crippen molar-refractivity contribution < 1.29 is 4.79 Å². The molecule has 1 aromatic rings. The van der Waals surface area contributed by atoms with Crippen molar-refractivity contribution in [3.63, 3.8) is 0 Å². The van der Waals surface area contributed by atoms with E-state index in [0.717, 1.165) is 5.56 Å². The average Bonchev–Trinajstić information content (AvgIpc) is 2.31. The van der Waals surface area contributed by atoms with Gasteiger partial charge in [0, 0.05) is 11.6 Å². The molecule has 4 N–H and O–H groups in total. The van der Waals surface area contributed by atoms with E-state index in [0.29, 0.717) is 11.6 Å². The SMILES string of the molecule is Cc1ccccc1C(N)=O.NC1CCCCC1. The van der Waals surface area contributed by atoms with Crippen molar-refractivity contribution in [2.24, 2.45) is 11.5 Å². The lowest BCUT2D eigenvalue weighted by atomic mass is 9.97. The first-order chi connectivity index (χ1) is 8.11. The van der Waals surface area contributed by atoms with Crippen LogP contribution in [-0.4, -0.2) is 11.9 Å². The molecule has 94 valence electrons. The zero-order valence-corrected chi connectivity index (χ0v) is 10.5. The van der Waals surface area contributed by atoms with Gasteiger partial charge in [-0.2, -0.15) is 0 Å². The zero-order valence-electron chi connectivity index (χ0n) is 10.5. The third-order valence-corrected chi connectivity index (χ3v) is 3.06. The lowest BCUT2D eigenvalue weighted by molar-refractivity contribution is 0.0999. The Kier molecular flexibility index (Phi) is 5.70. The van der Waals surface area contributed by atoms with Crippen LogP contribution < -0.4 is 11.5 Å². The molecule has 0 bridgehead atoms. The largest absolute Gasteiger partial charge is 0.366 e. The van der Waals surface area contributed by atoms with Crippen LogP contribution in [-0.2, 0) is 0 Å². The Morgan fingerprint density at radius 3 is 2.12 bits per heavy atom. The van der Waals surface area contributed by atoms with Crippen molar-refractivity contribution >= 4 is 5.91 Å². The Balaban J connectivity index is 0.000000181. The van der Waals surface area contributed by atoms with Crippen LogP contribution >= 0.6 is 0 Å². The molecule has 1 aliphatic rings. The molecule has 0 heterocycles. The number of carbonyl (C=O) groups is 1. The summed E-state index contributed by atoms with van der Waals surface area (Å²) >= 11 is 0. The molecule has 2 rings (SSSR count). The van der Waals surface area contributed by atoms with E-state index < -0.39 is 0 Å². The Labute approximate surface area is 103 Å². The van der Waals surface area contributed by atoms with Crippen molar-refractivity contribution in [2.75, 3.05) is 0 Å². The van der Waals surface area contributed by atoms with E-state index in [1.54, 1.807) is 12.1 Å². The summed E-state index contributed by atoms with van der Waals surface area (Å²) in [5, 5.41) is 0. The summed E-state index contributed by atoms with van der Waals surface area (Å²) in [6.07, 6.45) is 6.66. The molecular weight excluding hydrogens is 212 g/mol. The van der Waals surface area contributed by atoms with Gasteiger partial charge in [-0.3, -0.25) is 4.79 Å².